The Morgan fingerprint density at radius 1 is 0.647 bits per heavy atom. The Kier molecular flexibility index (Phi) is 15.0. The van der Waals surface area contributed by atoms with Crippen molar-refractivity contribution in [2.45, 2.75) is 23.0 Å². The molecule has 0 fully saturated rings. The Hall–Kier alpha value is -1.94. The van der Waals surface area contributed by atoms with E-state index in [0.29, 0.717) is 0 Å². The normalized spacial score (nSPS) is 18.9. The molecule has 0 aliphatic rings. The van der Waals surface area contributed by atoms with Crippen molar-refractivity contribution in [2.24, 2.45) is 22.1 Å². The number of oxime groups is 2. The fourth-order valence-corrected chi connectivity index (χ4v) is 4.15. The van der Waals surface area contributed by atoms with Gasteiger partial charge in [0, 0.05) is 0 Å². The Morgan fingerprint density at radius 2 is 0.912 bits per heavy atom. The summed E-state index contributed by atoms with van der Waals surface area (Å²) in [7, 11) is 0. The van der Waals surface area contributed by atoms with Gasteiger partial charge in [0.25, 0.3) is 0 Å². The van der Waals surface area contributed by atoms with E-state index in [1.165, 1.54) is 13.8 Å². The van der Waals surface area contributed by atoms with Gasteiger partial charge in [-0.25, -0.2) is 16.8 Å². The zero-order valence-electron chi connectivity index (χ0n) is 17.3. The molecular formula is C14H20N2O14S4. The van der Waals surface area contributed by atoms with E-state index in [-0.39, 0.29) is 0 Å². The molecule has 0 aliphatic heterocycles. The van der Waals surface area contributed by atoms with Crippen LogP contribution < -0.4 is 0 Å². The third-order valence-corrected chi connectivity index (χ3v) is 7.83. The fourth-order valence-electron chi connectivity index (χ4n) is 1.83. The van der Waals surface area contributed by atoms with Crippen molar-refractivity contribution in [3.63, 3.8) is 0 Å². The average molecular weight is 569 g/mol. The lowest BCUT2D eigenvalue weighted by atomic mass is 10.1. The summed E-state index contributed by atoms with van der Waals surface area (Å²) in [6, 6.07) is 0. The molecule has 34 heavy (non-hydrogen) atoms. The minimum atomic E-state index is -3.04. The lowest BCUT2D eigenvalue weighted by molar-refractivity contribution is -0.138. The van der Waals surface area contributed by atoms with Gasteiger partial charge in [0.2, 0.25) is 32.3 Å². The molecule has 0 aromatic rings. The Balaban J connectivity index is 4.55. The highest BCUT2D eigenvalue weighted by Gasteiger charge is 2.38. The molecule has 0 heterocycles. The summed E-state index contributed by atoms with van der Waals surface area (Å²) in [5.74, 6) is -7.87. The summed E-state index contributed by atoms with van der Waals surface area (Å²) in [6.07, 6.45) is 1.82. The van der Waals surface area contributed by atoms with Crippen LogP contribution in [0.4, 0.5) is 0 Å². The Morgan fingerprint density at radius 3 is 1.15 bits per heavy atom. The molecule has 0 rings (SSSR count). The number of hydrogen-bond donors (Lipinski definition) is 4. The van der Waals surface area contributed by atoms with Crippen molar-refractivity contribution in [2.75, 3.05) is 13.2 Å². The second kappa shape index (κ2) is 15.9. The maximum Gasteiger partial charge on any atom is 0.231 e. The summed E-state index contributed by atoms with van der Waals surface area (Å²) in [5, 5.41) is 6.66. The lowest BCUT2D eigenvalue weighted by Crippen LogP contribution is -2.38. The average Bonchev–Trinajstić information content (AvgIpc) is 2.72. The van der Waals surface area contributed by atoms with Gasteiger partial charge in [0.1, 0.15) is 13.2 Å². The van der Waals surface area contributed by atoms with Crippen LogP contribution in [0, 0.1) is 11.8 Å². The van der Waals surface area contributed by atoms with E-state index in [1.807, 2.05) is 0 Å². The van der Waals surface area contributed by atoms with Crippen molar-refractivity contribution < 1.29 is 63.9 Å². The van der Waals surface area contributed by atoms with Crippen LogP contribution in [-0.4, -0.2) is 93.0 Å². The van der Waals surface area contributed by atoms with Gasteiger partial charge in [0.15, 0.2) is 44.3 Å². The second-order valence-electron chi connectivity index (χ2n) is 6.13. The molecule has 0 aromatic carbocycles. The number of rotatable bonds is 17. The van der Waals surface area contributed by atoms with Crippen molar-refractivity contribution in [1.82, 2.24) is 0 Å². The molecule has 0 aromatic heterocycles. The number of carbonyl (C=O) groups is 4. The van der Waals surface area contributed by atoms with Gasteiger partial charge in [0.05, 0.1) is 24.3 Å². The number of hydrogen-bond acceptors (Lipinski definition) is 12. The van der Waals surface area contributed by atoms with Crippen molar-refractivity contribution in [1.29, 1.82) is 0 Å². The molecular weight excluding hydrogens is 548 g/mol. The molecule has 0 saturated heterocycles. The molecule has 0 radical (unpaired) electrons. The third-order valence-electron chi connectivity index (χ3n) is 3.53. The number of nitrogens with zero attached hydrogens (tertiary/aromatic N) is 2. The molecule has 4 N–H and O–H groups in total. The van der Waals surface area contributed by atoms with Crippen LogP contribution in [0.5, 0.6) is 0 Å². The highest BCUT2D eigenvalue weighted by atomic mass is 32.3. The van der Waals surface area contributed by atoms with Crippen molar-refractivity contribution >= 4 is 79.9 Å². The maximum atomic E-state index is 11.8. The quantitative estimate of drug-likeness (QED) is 0.0645. The minimum absolute atomic E-state index is 0.480. The summed E-state index contributed by atoms with van der Waals surface area (Å²) < 4.78 is 74.4. The largest absolute Gasteiger partial charge is 0.395 e. The van der Waals surface area contributed by atoms with Gasteiger partial charge >= 0.3 is 0 Å². The van der Waals surface area contributed by atoms with Crippen LogP contribution in [0.25, 0.3) is 0 Å². The van der Waals surface area contributed by atoms with E-state index in [4.69, 9.17) is 27.9 Å². The van der Waals surface area contributed by atoms with E-state index in [1.54, 1.807) is 0 Å². The minimum Gasteiger partial charge on any atom is -0.395 e. The van der Waals surface area contributed by atoms with Gasteiger partial charge < -0.3 is 27.9 Å². The summed E-state index contributed by atoms with van der Waals surface area (Å²) in [6.45, 7) is 1.44. The standard InChI is InChI=1S/C14H20N2O14S4/c1-7(9(17)11(19)13(31(21)22)32(23)24)5-29-15-3-4-16-30-6-8(2)10(18)12(20)14(33(25)26)34(27)28/h3-4,7-8,13-14H,5-6H2,1-2H3,(H,21,22)(H,23,24)(H,25,26)(H,27,28)/b15-3+,16-4+. The van der Waals surface area contributed by atoms with Gasteiger partial charge in [-0.2, -0.15) is 0 Å². The van der Waals surface area contributed by atoms with E-state index in [9.17, 15) is 36.0 Å². The third kappa shape index (κ3) is 10.5. The highest BCUT2D eigenvalue weighted by molar-refractivity contribution is 7.99. The molecule has 16 nitrogen and oxygen atoms in total. The summed E-state index contributed by atoms with van der Waals surface area (Å²) in [4.78, 5) is 56.6. The first kappa shape index (κ1) is 32.1. The van der Waals surface area contributed by atoms with Crippen LogP contribution in [0.1, 0.15) is 13.8 Å². The van der Waals surface area contributed by atoms with Gasteiger partial charge in [-0.05, 0) is 0 Å². The SMILES string of the molecule is CC(CO/N=C/C=N/OCC(C)C(=O)C(=O)C(S(=O)O)S(=O)O)C(=O)C(=O)C(S(=O)O)S(=O)O. The lowest BCUT2D eigenvalue weighted by Gasteiger charge is -2.11. The van der Waals surface area contributed by atoms with E-state index < -0.39 is 102 Å². The second-order valence-corrected chi connectivity index (χ2v) is 10.8. The Labute approximate surface area is 202 Å². The number of Topliss-reactive ketones (excluding diaryl/α,β-unsaturated/α-hetero) is 4. The monoisotopic (exact) mass is 568 g/mol. The molecule has 0 bridgehead atoms. The van der Waals surface area contributed by atoms with Crippen LogP contribution in [0.15, 0.2) is 10.3 Å². The van der Waals surface area contributed by atoms with Gasteiger partial charge in [-0.3, -0.25) is 19.2 Å². The van der Waals surface area contributed by atoms with Crippen LogP contribution >= 0.6 is 0 Å². The van der Waals surface area contributed by atoms with Crippen LogP contribution in [0.3, 0.4) is 0 Å². The van der Waals surface area contributed by atoms with Crippen LogP contribution in [-0.2, 0) is 73.2 Å². The Bertz CT molecular complexity index is 833. The fraction of sp³-hybridized carbons (Fsp3) is 0.571. The summed E-state index contributed by atoms with van der Waals surface area (Å²) >= 11 is -12.2. The van der Waals surface area contributed by atoms with Crippen LogP contribution in [0.2, 0.25) is 0 Å². The predicted octanol–water partition coefficient (Wildman–Crippen LogP) is -1.92. The van der Waals surface area contributed by atoms with E-state index in [0.717, 1.165) is 12.4 Å². The van der Waals surface area contributed by atoms with E-state index >= 15 is 0 Å². The molecule has 0 saturated carbocycles. The summed E-state index contributed by atoms with van der Waals surface area (Å²) in [5.41, 5.74) is 0. The highest BCUT2D eigenvalue weighted by Crippen LogP contribution is 2.09. The molecule has 0 spiro atoms. The molecule has 6 atom stereocenters. The van der Waals surface area contributed by atoms with Crippen molar-refractivity contribution in [3.8, 4) is 0 Å². The smallest absolute Gasteiger partial charge is 0.231 e. The molecule has 20 heteroatoms. The maximum absolute atomic E-state index is 11.8. The molecule has 194 valence electrons. The first-order valence-electron chi connectivity index (χ1n) is 8.57. The zero-order chi connectivity index (χ0) is 26.6. The predicted molar refractivity (Wildman–Crippen MR) is 118 cm³/mol. The topological polar surface area (TPSA) is 261 Å². The molecule has 6 unspecified atom stereocenters. The number of carbonyl (C=O) groups excluding carboxylic acids is 4. The number of ketones is 4. The first-order valence-corrected chi connectivity index (χ1v) is 13.3. The van der Waals surface area contributed by atoms with Crippen molar-refractivity contribution in [3.05, 3.63) is 0 Å². The first-order chi connectivity index (χ1) is 15.7. The zero-order valence-corrected chi connectivity index (χ0v) is 20.5. The van der Waals surface area contributed by atoms with Gasteiger partial charge in [-0.15, -0.1) is 0 Å². The molecule has 0 amide bonds. The van der Waals surface area contributed by atoms with Gasteiger partial charge in [-0.1, -0.05) is 24.2 Å². The van der Waals surface area contributed by atoms with E-state index in [2.05, 4.69) is 10.3 Å². The molecule has 0 aliphatic carbocycles.